The summed E-state index contributed by atoms with van der Waals surface area (Å²) in [6.45, 7) is 0. The smallest absolute Gasteiger partial charge is 0.358 e. The first-order valence-electron chi connectivity index (χ1n) is 5.49. The van der Waals surface area contributed by atoms with Crippen LogP contribution >= 0.6 is 15.9 Å². The predicted molar refractivity (Wildman–Crippen MR) is 73.5 cm³/mol. The molecule has 2 aromatic rings. The van der Waals surface area contributed by atoms with Crippen LogP contribution in [0.3, 0.4) is 0 Å². The third-order valence-electron chi connectivity index (χ3n) is 2.61. The molecule has 0 radical (unpaired) electrons. The molecule has 0 aliphatic heterocycles. The van der Waals surface area contributed by atoms with E-state index in [0.717, 1.165) is 0 Å². The highest BCUT2D eigenvalue weighted by Crippen LogP contribution is 2.26. The zero-order valence-corrected chi connectivity index (χ0v) is 11.6. The molecule has 2 rings (SSSR count). The number of rotatable bonds is 4. The number of hydrogen-bond acceptors (Lipinski definition) is 5. The number of aromatic nitrogens is 2. The van der Waals surface area contributed by atoms with E-state index in [1.165, 1.54) is 10.9 Å². The first-order valence-corrected chi connectivity index (χ1v) is 6.28. The lowest BCUT2D eigenvalue weighted by molar-refractivity contribution is -0.390. The fourth-order valence-corrected chi connectivity index (χ4v) is 2.19. The van der Waals surface area contributed by atoms with Gasteiger partial charge in [0.1, 0.15) is 4.47 Å². The number of halogens is 1. The molecule has 1 atom stereocenters. The number of benzene rings is 1. The Morgan fingerprint density at radius 2 is 2.10 bits per heavy atom. The van der Waals surface area contributed by atoms with Crippen molar-refractivity contribution in [2.45, 2.75) is 6.04 Å². The summed E-state index contributed by atoms with van der Waals surface area (Å²) in [4.78, 5) is 22.1. The maximum absolute atomic E-state index is 11.9. The molecule has 0 fully saturated rings. The maximum atomic E-state index is 11.9. The Morgan fingerprint density at radius 1 is 1.45 bits per heavy atom. The number of nitrogens with two attached hydrogens (primary N) is 1. The van der Waals surface area contributed by atoms with Crippen molar-refractivity contribution in [2.75, 3.05) is 0 Å². The molecule has 9 heteroatoms. The largest absolute Gasteiger partial charge is 0.404 e. The third-order valence-corrected chi connectivity index (χ3v) is 3.17. The van der Waals surface area contributed by atoms with E-state index in [-0.39, 0.29) is 10.3 Å². The summed E-state index contributed by atoms with van der Waals surface area (Å²) < 4.78 is 1.38. The van der Waals surface area contributed by atoms with Crippen molar-refractivity contribution in [3.8, 4) is 0 Å². The van der Waals surface area contributed by atoms with Gasteiger partial charge in [-0.1, -0.05) is 30.3 Å². The van der Waals surface area contributed by atoms with Gasteiger partial charge in [0.25, 0.3) is 5.91 Å². The van der Waals surface area contributed by atoms with Crippen LogP contribution in [0.4, 0.5) is 5.82 Å². The van der Waals surface area contributed by atoms with Crippen LogP contribution in [-0.2, 0) is 4.79 Å². The Morgan fingerprint density at radius 3 is 2.60 bits per heavy atom. The zero-order valence-electron chi connectivity index (χ0n) is 10.1. The Balaban J connectivity index is 2.50. The highest BCUT2D eigenvalue weighted by Gasteiger charge is 2.29. The maximum Gasteiger partial charge on any atom is 0.404 e. The number of carbonyl (C=O) groups is 1. The Bertz CT molecular complexity index is 643. The van der Waals surface area contributed by atoms with E-state index in [9.17, 15) is 14.9 Å². The van der Waals surface area contributed by atoms with Gasteiger partial charge < -0.3 is 10.1 Å². The minimum atomic E-state index is -0.883. The van der Waals surface area contributed by atoms with Crippen LogP contribution in [0.25, 0.3) is 0 Å². The summed E-state index contributed by atoms with van der Waals surface area (Å²) in [5.74, 6) is 4.27. The quantitative estimate of drug-likeness (QED) is 0.375. The molecule has 0 aliphatic rings. The molecule has 0 bridgehead atoms. The molecular formula is C11H10BrN5O3. The van der Waals surface area contributed by atoms with E-state index in [0.29, 0.717) is 5.56 Å². The second-order valence-electron chi connectivity index (χ2n) is 3.86. The average molecular weight is 340 g/mol. The highest BCUT2D eigenvalue weighted by atomic mass is 79.9. The second kappa shape index (κ2) is 5.80. The molecule has 1 heterocycles. The molecule has 1 aromatic heterocycles. The first kappa shape index (κ1) is 14.2. The number of hydrazine groups is 1. The number of nitrogens with one attached hydrogen (secondary N) is 1. The first-order chi connectivity index (χ1) is 9.54. The van der Waals surface area contributed by atoms with Crippen LogP contribution in [0, 0.1) is 10.1 Å². The van der Waals surface area contributed by atoms with Crippen LogP contribution in [0.5, 0.6) is 0 Å². The number of nitrogens with zero attached hydrogens (tertiary/aromatic N) is 3. The molecule has 0 spiro atoms. The van der Waals surface area contributed by atoms with Crippen molar-refractivity contribution >= 4 is 27.7 Å². The molecule has 3 N–H and O–H groups in total. The fourth-order valence-electron chi connectivity index (χ4n) is 1.75. The van der Waals surface area contributed by atoms with Gasteiger partial charge in [-0.25, -0.2) is 5.84 Å². The van der Waals surface area contributed by atoms with Gasteiger partial charge in [0.2, 0.25) is 0 Å². The lowest BCUT2D eigenvalue weighted by atomic mass is 10.1. The summed E-state index contributed by atoms with van der Waals surface area (Å²) in [6.07, 6.45) is 1.37. The van der Waals surface area contributed by atoms with Crippen molar-refractivity contribution in [1.29, 1.82) is 0 Å². The molecule has 0 saturated carbocycles. The van der Waals surface area contributed by atoms with Crippen LogP contribution in [0.15, 0.2) is 41.0 Å². The minimum absolute atomic E-state index is 0.188. The SMILES string of the molecule is NNC(=O)C(c1ccccc1)n1cc(Br)c([N+](=O)[O-])n1. The average Bonchev–Trinajstić information content (AvgIpc) is 2.82. The normalized spacial score (nSPS) is 11.9. The lowest BCUT2D eigenvalue weighted by Gasteiger charge is -2.12. The second-order valence-corrected chi connectivity index (χ2v) is 4.71. The van der Waals surface area contributed by atoms with E-state index in [1.807, 2.05) is 5.43 Å². The van der Waals surface area contributed by atoms with Gasteiger partial charge in [0, 0.05) is 0 Å². The Labute approximate surface area is 121 Å². The van der Waals surface area contributed by atoms with Gasteiger partial charge in [0.05, 0.1) is 11.3 Å². The summed E-state index contributed by atoms with van der Waals surface area (Å²) >= 11 is 3.04. The van der Waals surface area contributed by atoms with Crippen LogP contribution < -0.4 is 11.3 Å². The molecular weight excluding hydrogens is 330 g/mol. The summed E-state index contributed by atoms with van der Waals surface area (Å²) in [7, 11) is 0. The lowest BCUT2D eigenvalue weighted by Crippen LogP contribution is -2.37. The molecule has 1 unspecified atom stereocenters. The molecule has 1 amide bonds. The van der Waals surface area contributed by atoms with Gasteiger partial charge in [-0.2, -0.15) is 4.68 Å². The number of nitro groups is 1. The summed E-state index contributed by atoms with van der Waals surface area (Å²) in [6, 6.07) is 7.83. The topological polar surface area (TPSA) is 116 Å². The van der Waals surface area contributed by atoms with E-state index in [4.69, 9.17) is 5.84 Å². The standard InChI is InChI=1S/C11H10BrN5O3/c12-8-6-16(15-10(8)17(19)20)9(11(18)14-13)7-4-2-1-3-5-7/h1-6,9H,13H2,(H,14,18). The Kier molecular flexibility index (Phi) is 4.11. The zero-order chi connectivity index (χ0) is 14.7. The molecule has 0 aliphatic carbocycles. The van der Waals surface area contributed by atoms with Gasteiger partial charge >= 0.3 is 5.82 Å². The van der Waals surface area contributed by atoms with E-state index in [1.54, 1.807) is 30.3 Å². The van der Waals surface area contributed by atoms with Crippen LogP contribution in [0.1, 0.15) is 11.6 Å². The number of hydrogen-bond donors (Lipinski definition) is 2. The van der Waals surface area contributed by atoms with E-state index < -0.39 is 16.9 Å². The molecule has 0 saturated heterocycles. The van der Waals surface area contributed by atoms with Gasteiger partial charge in [0.15, 0.2) is 6.04 Å². The molecule has 20 heavy (non-hydrogen) atoms. The van der Waals surface area contributed by atoms with Crippen molar-refractivity contribution in [2.24, 2.45) is 5.84 Å². The minimum Gasteiger partial charge on any atom is -0.358 e. The van der Waals surface area contributed by atoms with Crippen LogP contribution in [0.2, 0.25) is 0 Å². The predicted octanol–water partition coefficient (Wildman–Crippen LogP) is 1.13. The van der Waals surface area contributed by atoms with Gasteiger partial charge in [-0.3, -0.25) is 10.2 Å². The third kappa shape index (κ3) is 2.68. The molecule has 104 valence electrons. The van der Waals surface area contributed by atoms with Gasteiger partial charge in [-0.05, 0) is 26.4 Å². The van der Waals surface area contributed by atoms with E-state index >= 15 is 0 Å². The number of carbonyl (C=O) groups excluding carboxylic acids is 1. The monoisotopic (exact) mass is 339 g/mol. The van der Waals surface area contributed by atoms with Crippen molar-refractivity contribution in [1.82, 2.24) is 15.2 Å². The molecule has 8 nitrogen and oxygen atoms in total. The van der Waals surface area contributed by atoms with Gasteiger partial charge in [-0.15, -0.1) is 0 Å². The van der Waals surface area contributed by atoms with Crippen molar-refractivity contribution in [3.05, 3.63) is 56.7 Å². The Hall–Kier alpha value is -2.26. The van der Waals surface area contributed by atoms with Crippen LogP contribution in [-0.4, -0.2) is 20.6 Å². The summed E-state index contributed by atoms with van der Waals surface area (Å²) in [5.41, 5.74) is 2.65. The summed E-state index contributed by atoms with van der Waals surface area (Å²) in [5, 5.41) is 14.6. The highest BCUT2D eigenvalue weighted by molar-refractivity contribution is 9.10. The number of amides is 1. The fraction of sp³-hybridized carbons (Fsp3) is 0.0909. The molecule has 1 aromatic carbocycles. The van der Waals surface area contributed by atoms with Crippen molar-refractivity contribution in [3.63, 3.8) is 0 Å². The van der Waals surface area contributed by atoms with Crippen molar-refractivity contribution < 1.29 is 9.72 Å². The van der Waals surface area contributed by atoms with E-state index in [2.05, 4.69) is 21.0 Å².